The van der Waals surface area contributed by atoms with Crippen molar-refractivity contribution in [1.82, 2.24) is 0 Å². The van der Waals surface area contributed by atoms with Gasteiger partial charge in [-0.1, -0.05) is 5.70 Å². The van der Waals surface area contributed by atoms with Crippen molar-refractivity contribution in [2.75, 3.05) is 0 Å². The zero-order chi connectivity index (χ0) is 8.91. The van der Waals surface area contributed by atoms with Crippen LogP contribution in [0.15, 0.2) is 12.3 Å². The molecule has 0 amide bonds. The molecular weight excluding hydrogens is 204 g/mol. The van der Waals surface area contributed by atoms with Gasteiger partial charge < -0.3 is 8.23 Å². The molecule has 0 aliphatic carbocycles. The maximum atomic E-state index is 5.77. The van der Waals surface area contributed by atoms with E-state index in [-0.39, 0.29) is 9.28 Å². The minimum absolute atomic E-state index is 0.377. The lowest BCUT2D eigenvalue weighted by molar-refractivity contribution is 0.597. The third kappa shape index (κ3) is 5.76. The van der Waals surface area contributed by atoms with Gasteiger partial charge in [0.15, 0.2) is 26.2 Å². The van der Waals surface area contributed by atoms with Crippen LogP contribution in [-0.2, 0) is 8.23 Å². The Labute approximate surface area is 77.1 Å². The first kappa shape index (κ1) is 11.5. The molecule has 2 nitrogen and oxygen atoms in total. The maximum absolute atomic E-state index is 5.77. The van der Waals surface area contributed by atoms with Gasteiger partial charge in [-0.25, -0.2) is 0 Å². The topological polar surface area (TPSA) is 18.5 Å². The quantitative estimate of drug-likeness (QED) is 0.565. The smallest absolute Gasteiger partial charge is 0.183 e. The van der Waals surface area contributed by atoms with Crippen LogP contribution < -0.4 is 0 Å². The third-order valence-corrected chi connectivity index (χ3v) is 16.3. The first-order valence-corrected chi connectivity index (χ1v) is 12.7. The number of rotatable bonds is 5. The van der Waals surface area contributed by atoms with E-state index < -0.39 is 16.9 Å². The Hall–Kier alpha value is 0.528. The second kappa shape index (κ2) is 5.22. The minimum atomic E-state index is -1.29. The SMILES string of the molecule is C=C[SiH](C)O[SiH2][Si](C)(C)O[SiH3]. The Kier molecular flexibility index (Phi) is 5.47. The van der Waals surface area contributed by atoms with Crippen LogP contribution in [0.25, 0.3) is 0 Å². The zero-order valence-electron chi connectivity index (χ0n) is 7.89. The summed E-state index contributed by atoms with van der Waals surface area (Å²) < 4.78 is 11.3. The van der Waals surface area contributed by atoms with Gasteiger partial charge in [0.2, 0.25) is 0 Å². The number of hydrogen-bond donors (Lipinski definition) is 0. The van der Waals surface area contributed by atoms with Crippen molar-refractivity contribution in [2.24, 2.45) is 0 Å². The molecule has 0 radical (unpaired) electrons. The summed E-state index contributed by atoms with van der Waals surface area (Å²) in [6.45, 7) is 10.4. The van der Waals surface area contributed by atoms with Gasteiger partial charge in [0.25, 0.3) is 0 Å². The van der Waals surface area contributed by atoms with Gasteiger partial charge in [-0.3, -0.25) is 0 Å². The van der Waals surface area contributed by atoms with E-state index in [0.29, 0.717) is 0 Å². The molecule has 66 valence electrons. The lowest BCUT2D eigenvalue weighted by atomic mass is 11.3. The van der Waals surface area contributed by atoms with E-state index >= 15 is 0 Å². The highest BCUT2D eigenvalue weighted by Gasteiger charge is 2.21. The van der Waals surface area contributed by atoms with Gasteiger partial charge in [0, 0.05) is 0 Å². The van der Waals surface area contributed by atoms with E-state index in [1.54, 1.807) is 0 Å². The van der Waals surface area contributed by atoms with Crippen molar-refractivity contribution in [3.05, 3.63) is 12.3 Å². The van der Waals surface area contributed by atoms with Crippen LogP contribution in [0.2, 0.25) is 19.6 Å². The molecule has 0 saturated carbocycles. The van der Waals surface area contributed by atoms with Crippen LogP contribution >= 0.6 is 0 Å². The number of hydrogen-bond acceptors (Lipinski definition) is 2. The fourth-order valence-corrected chi connectivity index (χ4v) is 11.2. The van der Waals surface area contributed by atoms with Gasteiger partial charge in [-0.15, -0.1) is 6.58 Å². The minimum Gasteiger partial charge on any atom is -0.464 e. The van der Waals surface area contributed by atoms with Crippen molar-refractivity contribution >= 4 is 36.6 Å². The van der Waals surface area contributed by atoms with Gasteiger partial charge in [-0.05, 0) is 19.6 Å². The van der Waals surface area contributed by atoms with Crippen molar-refractivity contribution in [1.29, 1.82) is 0 Å². The summed E-state index contributed by atoms with van der Waals surface area (Å²) in [6, 6.07) is 0. The van der Waals surface area contributed by atoms with Crippen LogP contribution in [-0.4, -0.2) is 36.6 Å². The summed E-state index contributed by atoms with van der Waals surface area (Å²) in [6.07, 6.45) is 0. The third-order valence-electron chi connectivity index (χ3n) is 1.58. The Morgan fingerprint density at radius 1 is 1.64 bits per heavy atom. The Bertz CT molecular complexity index is 128. The molecule has 0 aliphatic heterocycles. The average Bonchev–Trinajstić information content (AvgIpc) is 2.00. The lowest BCUT2D eigenvalue weighted by Gasteiger charge is -2.21. The summed E-state index contributed by atoms with van der Waals surface area (Å²) in [7, 11) is -1.80. The molecule has 0 rings (SSSR count). The van der Waals surface area contributed by atoms with Crippen LogP contribution in [0.5, 0.6) is 0 Å². The predicted octanol–water partition coefficient (Wildman–Crippen LogP) is -0.836. The highest BCUT2D eigenvalue weighted by Crippen LogP contribution is 2.00. The highest BCUT2D eigenvalue weighted by atomic mass is 29.2. The summed E-state index contributed by atoms with van der Waals surface area (Å²) >= 11 is 0. The predicted molar refractivity (Wildman–Crippen MR) is 61.3 cm³/mol. The molecule has 0 aromatic heterocycles. The van der Waals surface area contributed by atoms with Crippen LogP contribution in [0.3, 0.4) is 0 Å². The van der Waals surface area contributed by atoms with E-state index in [2.05, 4.69) is 26.2 Å². The van der Waals surface area contributed by atoms with E-state index in [1.807, 2.05) is 5.70 Å². The molecule has 1 atom stereocenters. The van der Waals surface area contributed by atoms with Crippen LogP contribution in [0.1, 0.15) is 0 Å². The lowest BCUT2D eigenvalue weighted by Crippen LogP contribution is -2.41. The van der Waals surface area contributed by atoms with Crippen molar-refractivity contribution in [3.8, 4) is 0 Å². The monoisotopic (exact) mass is 222 g/mol. The van der Waals surface area contributed by atoms with Crippen LogP contribution in [0, 0.1) is 0 Å². The second-order valence-electron chi connectivity index (χ2n) is 3.22. The molecule has 0 heterocycles. The molecule has 0 aliphatic rings. The molecule has 6 heteroatoms. The average molecular weight is 223 g/mol. The summed E-state index contributed by atoms with van der Waals surface area (Å²) in [5, 5.41) is 0. The Morgan fingerprint density at radius 2 is 2.18 bits per heavy atom. The highest BCUT2D eigenvalue weighted by molar-refractivity contribution is 7.19. The molecule has 0 bridgehead atoms. The van der Waals surface area contributed by atoms with E-state index in [4.69, 9.17) is 8.23 Å². The fourth-order valence-electron chi connectivity index (χ4n) is 0.459. The summed E-state index contributed by atoms with van der Waals surface area (Å²) in [5.74, 6) is 0. The second-order valence-corrected chi connectivity index (χ2v) is 17.8. The molecule has 11 heavy (non-hydrogen) atoms. The first-order chi connectivity index (χ1) is 5.02. The zero-order valence-corrected chi connectivity index (χ0v) is 13.5. The molecule has 0 aromatic rings. The normalized spacial score (nSPS) is 15.9. The van der Waals surface area contributed by atoms with Gasteiger partial charge in [0.1, 0.15) is 10.5 Å². The Balaban J connectivity index is 3.60. The van der Waals surface area contributed by atoms with Crippen molar-refractivity contribution < 1.29 is 8.23 Å². The molecular formula is C5H18O2Si4. The van der Waals surface area contributed by atoms with Gasteiger partial charge >= 0.3 is 0 Å². The van der Waals surface area contributed by atoms with Gasteiger partial charge in [0.05, 0.1) is 0 Å². The molecule has 0 spiro atoms. The molecule has 0 aromatic carbocycles. The van der Waals surface area contributed by atoms with Crippen LogP contribution in [0.4, 0.5) is 0 Å². The molecule has 0 N–H and O–H groups in total. The Morgan fingerprint density at radius 3 is 2.55 bits per heavy atom. The molecule has 0 saturated heterocycles. The van der Waals surface area contributed by atoms with Gasteiger partial charge in [-0.2, -0.15) is 0 Å². The van der Waals surface area contributed by atoms with Crippen molar-refractivity contribution in [3.63, 3.8) is 0 Å². The standard InChI is InChI=1S/C5H18O2Si4/c1-5-10(2)7-9-11(3,4)6-8/h5,10H,1,9H2,2-4,8H3. The largest absolute Gasteiger partial charge is 0.464 e. The van der Waals surface area contributed by atoms with E-state index in [1.165, 1.54) is 0 Å². The van der Waals surface area contributed by atoms with E-state index in [0.717, 1.165) is 10.5 Å². The molecule has 0 fully saturated rings. The first-order valence-electron chi connectivity index (χ1n) is 3.81. The maximum Gasteiger partial charge on any atom is 0.183 e. The summed E-state index contributed by atoms with van der Waals surface area (Å²) in [5.41, 5.74) is 1.98. The van der Waals surface area contributed by atoms with Crippen molar-refractivity contribution in [2.45, 2.75) is 19.6 Å². The van der Waals surface area contributed by atoms with E-state index in [9.17, 15) is 0 Å². The summed E-state index contributed by atoms with van der Waals surface area (Å²) in [4.78, 5) is 0. The molecule has 1 unspecified atom stereocenters. The fraction of sp³-hybridized carbons (Fsp3) is 0.600.